The molecule has 0 saturated carbocycles. The summed E-state index contributed by atoms with van der Waals surface area (Å²) in [6.45, 7) is -0.448. The van der Waals surface area contributed by atoms with Crippen molar-refractivity contribution in [2.24, 2.45) is 5.90 Å². The van der Waals surface area contributed by atoms with Crippen molar-refractivity contribution < 1.29 is 24.8 Å². The molecule has 0 aromatic carbocycles. The topological polar surface area (TPSA) is 149 Å². The van der Waals surface area contributed by atoms with Crippen LogP contribution in [-0.2, 0) is 14.5 Å². The number of nitrogens with zero attached hydrogens (tertiary/aromatic N) is 1. The van der Waals surface area contributed by atoms with Gasteiger partial charge in [-0.05, 0) is 0 Å². The standard InChI is InChI=1S/C9H13N3O7/c10-18-6-4(3-13)17-8(7(6)19-16)12-2-1-5(14)11-9(12)15/h1-2,4,6-8,13,16H,3,10H2,(H,11,14,15)/t4-,6?,7?,8-/m0/s1. The summed E-state index contributed by atoms with van der Waals surface area (Å²) in [5, 5.41) is 18.0. The number of nitrogens with two attached hydrogens (primary N) is 1. The summed E-state index contributed by atoms with van der Waals surface area (Å²) in [7, 11) is 0. The van der Waals surface area contributed by atoms with Gasteiger partial charge in [0.2, 0.25) is 0 Å². The molecule has 1 saturated heterocycles. The number of rotatable bonds is 4. The lowest BCUT2D eigenvalue weighted by Gasteiger charge is -2.19. The molecule has 1 aliphatic heterocycles. The average Bonchev–Trinajstić information content (AvgIpc) is 2.76. The van der Waals surface area contributed by atoms with Crippen LogP contribution in [-0.4, -0.2) is 44.8 Å². The van der Waals surface area contributed by atoms with E-state index in [4.69, 9.17) is 21.0 Å². The van der Waals surface area contributed by atoms with Gasteiger partial charge < -0.3 is 9.84 Å². The van der Waals surface area contributed by atoms with Crippen molar-refractivity contribution in [3.8, 4) is 0 Å². The van der Waals surface area contributed by atoms with Gasteiger partial charge in [0, 0.05) is 12.3 Å². The highest BCUT2D eigenvalue weighted by Gasteiger charge is 2.48. The molecule has 19 heavy (non-hydrogen) atoms. The zero-order valence-electron chi connectivity index (χ0n) is 9.63. The SMILES string of the molecule is NOC1C(OO)[C@@H](n2ccc(=O)[nH]c2=O)O[C@H]1CO. The Balaban J connectivity index is 2.38. The molecule has 0 bridgehead atoms. The molecular weight excluding hydrogens is 262 g/mol. The molecule has 106 valence electrons. The predicted molar refractivity (Wildman–Crippen MR) is 58.9 cm³/mol. The highest BCUT2D eigenvalue weighted by atomic mass is 17.1. The van der Waals surface area contributed by atoms with Crippen LogP contribution >= 0.6 is 0 Å². The van der Waals surface area contributed by atoms with Crippen molar-refractivity contribution in [2.75, 3.05) is 6.61 Å². The fourth-order valence-electron chi connectivity index (χ4n) is 1.98. The lowest BCUT2D eigenvalue weighted by atomic mass is 10.1. The summed E-state index contributed by atoms with van der Waals surface area (Å²) < 4.78 is 6.32. The third-order valence-electron chi connectivity index (χ3n) is 2.87. The van der Waals surface area contributed by atoms with E-state index in [1.54, 1.807) is 0 Å². The first-order valence-electron chi connectivity index (χ1n) is 5.36. The molecule has 2 unspecified atom stereocenters. The van der Waals surface area contributed by atoms with Crippen LogP contribution in [0.25, 0.3) is 0 Å². The van der Waals surface area contributed by atoms with Crippen molar-refractivity contribution in [1.82, 2.24) is 9.55 Å². The number of aliphatic hydroxyl groups is 1. The lowest BCUT2D eigenvalue weighted by molar-refractivity contribution is -0.308. The highest BCUT2D eigenvalue weighted by Crippen LogP contribution is 2.31. The predicted octanol–water partition coefficient (Wildman–Crippen LogP) is -2.46. The van der Waals surface area contributed by atoms with E-state index in [0.717, 1.165) is 10.6 Å². The van der Waals surface area contributed by atoms with Crippen molar-refractivity contribution >= 4 is 0 Å². The Hall–Kier alpha value is -1.56. The molecule has 1 aromatic heterocycles. The maximum Gasteiger partial charge on any atom is 0.330 e. The molecule has 10 nitrogen and oxygen atoms in total. The van der Waals surface area contributed by atoms with Gasteiger partial charge in [0.05, 0.1) is 6.61 Å². The van der Waals surface area contributed by atoms with Gasteiger partial charge >= 0.3 is 5.69 Å². The van der Waals surface area contributed by atoms with Crippen LogP contribution in [0.3, 0.4) is 0 Å². The first-order chi connectivity index (χ1) is 9.12. The molecule has 1 aromatic rings. The summed E-state index contributed by atoms with van der Waals surface area (Å²) in [5.74, 6) is 5.04. The second-order valence-electron chi connectivity index (χ2n) is 3.94. The molecule has 1 fully saturated rings. The maximum absolute atomic E-state index is 11.6. The van der Waals surface area contributed by atoms with Gasteiger partial charge in [-0.2, -0.15) is 0 Å². The number of aromatic nitrogens is 2. The summed E-state index contributed by atoms with van der Waals surface area (Å²) >= 11 is 0. The minimum Gasteiger partial charge on any atom is -0.394 e. The molecule has 0 radical (unpaired) electrons. The van der Waals surface area contributed by atoms with Gasteiger partial charge in [-0.15, -0.1) is 0 Å². The molecule has 5 N–H and O–H groups in total. The van der Waals surface area contributed by atoms with Crippen molar-refractivity contribution in [2.45, 2.75) is 24.5 Å². The van der Waals surface area contributed by atoms with Gasteiger partial charge in [0.1, 0.15) is 12.2 Å². The van der Waals surface area contributed by atoms with Gasteiger partial charge in [0.25, 0.3) is 5.56 Å². The Morgan fingerprint density at radius 1 is 1.47 bits per heavy atom. The molecule has 10 heteroatoms. The van der Waals surface area contributed by atoms with Crippen molar-refractivity contribution in [3.05, 3.63) is 33.1 Å². The quantitative estimate of drug-likeness (QED) is 0.349. The average molecular weight is 275 g/mol. The summed E-state index contributed by atoms with van der Waals surface area (Å²) in [6, 6.07) is 1.10. The van der Waals surface area contributed by atoms with Crippen molar-refractivity contribution in [1.29, 1.82) is 0 Å². The smallest absolute Gasteiger partial charge is 0.330 e. The van der Waals surface area contributed by atoms with Crippen LogP contribution in [0.5, 0.6) is 0 Å². The van der Waals surface area contributed by atoms with Gasteiger partial charge in [-0.3, -0.25) is 24.4 Å². The molecule has 0 aliphatic carbocycles. The molecule has 2 rings (SSSR count). The van der Waals surface area contributed by atoms with Crippen LogP contribution < -0.4 is 17.1 Å². The zero-order valence-corrected chi connectivity index (χ0v) is 9.63. The van der Waals surface area contributed by atoms with E-state index in [1.165, 1.54) is 6.20 Å². The van der Waals surface area contributed by atoms with Crippen LogP contribution in [0.1, 0.15) is 6.23 Å². The Kier molecular flexibility index (Phi) is 4.09. The molecule has 0 amide bonds. The highest BCUT2D eigenvalue weighted by molar-refractivity contribution is 4.94. The monoisotopic (exact) mass is 275 g/mol. The van der Waals surface area contributed by atoms with Crippen LogP contribution in [0.2, 0.25) is 0 Å². The number of aromatic amines is 1. The number of ether oxygens (including phenoxy) is 1. The third kappa shape index (κ3) is 2.45. The summed E-state index contributed by atoms with van der Waals surface area (Å²) in [6.07, 6.45) is -2.92. The number of hydrogen-bond acceptors (Lipinski definition) is 8. The third-order valence-corrected chi connectivity index (χ3v) is 2.87. The van der Waals surface area contributed by atoms with E-state index in [-0.39, 0.29) is 0 Å². The lowest BCUT2D eigenvalue weighted by Crippen LogP contribution is -2.41. The summed E-state index contributed by atoms with van der Waals surface area (Å²) in [5.41, 5.74) is -1.33. The van der Waals surface area contributed by atoms with E-state index in [2.05, 4.69) is 9.73 Å². The molecule has 4 atom stereocenters. The fourth-order valence-corrected chi connectivity index (χ4v) is 1.98. The summed E-state index contributed by atoms with van der Waals surface area (Å²) in [4.78, 5) is 33.4. The molecule has 0 spiro atoms. The van der Waals surface area contributed by atoms with Gasteiger partial charge in [0.15, 0.2) is 12.3 Å². The number of H-pyrrole nitrogens is 1. The fraction of sp³-hybridized carbons (Fsp3) is 0.556. The second kappa shape index (κ2) is 5.61. The Morgan fingerprint density at radius 3 is 2.74 bits per heavy atom. The van der Waals surface area contributed by atoms with Crippen molar-refractivity contribution in [3.63, 3.8) is 0 Å². The molecular formula is C9H13N3O7. The van der Waals surface area contributed by atoms with Gasteiger partial charge in [-0.25, -0.2) is 15.6 Å². The Bertz CT molecular complexity index is 541. The van der Waals surface area contributed by atoms with Gasteiger partial charge in [-0.1, -0.05) is 0 Å². The number of nitrogens with one attached hydrogen (secondary N) is 1. The van der Waals surface area contributed by atoms with E-state index in [0.29, 0.717) is 0 Å². The van der Waals surface area contributed by atoms with Crippen LogP contribution in [0.4, 0.5) is 0 Å². The minimum atomic E-state index is -1.13. The van der Waals surface area contributed by atoms with Crippen LogP contribution in [0, 0.1) is 0 Å². The van der Waals surface area contributed by atoms with Crippen LogP contribution in [0.15, 0.2) is 21.9 Å². The first kappa shape index (κ1) is 13.9. The number of hydrogen-bond donors (Lipinski definition) is 4. The normalized spacial score (nSPS) is 30.7. The minimum absolute atomic E-state index is 0.448. The Labute approximate surface area is 105 Å². The second-order valence-corrected chi connectivity index (χ2v) is 3.94. The largest absolute Gasteiger partial charge is 0.394 e. The number of aliphatic hydroxyl groups excluding tert-OH is 1. The van der Waals surface area contributed by atoms with E-state index >= 15 is 0 Å². The molecule has 2 heterocycles. The zero-order chi connectivity index (χ0) is 14.0. The van der Waals surface area contributed by atoms with E-state index < -0.39 is 42.4 Å². The Morgan fingerprint density at radius 2 is 2.21 bits per heavy atom. The van der Waals surface area contributed by atoms with E-state index in [9.17, 15) is 9.59 Å². The molecule has 1 aliphatic rings. The first-order valence-corrected chi connectivity index (χ1v) is 5.36. The maximum atomic E-state index is 11.6. The van der Waals surface area contributed by atoms with E-state index in [1.807, 2.05) is 4.98 Å².